The van der Waals surface area contributed by atoms with E-state index in [0.29, 0.717) is 16.4 Å². The van der Waals surface area contributed by atoms with Gasteiger partial charge in [0.25, 0.3) is 10.0 Å². The van der Waals surface area contributed by atoms with E-state index in [1.807, 2.05) is 38.1 Å². The molecule has 0 bridgehead atoms. The van der Waals surface area contributed by atoms with Crippen LogP contribution in [-0.2, 0) is 14.8 Å². The van der Waals surface area contributed by atoms with Gasteiger partial charge in [-0.05, 0) is 50.2 Å². The monoisotopic (exact) mass is 508 g/mol. The number of carbonyl (C=O) groups is 1. The minimum Gasteiger partial charge on any atom is -0.497 e. The van der Waals surface area contributed by atoms with Gasteiger partial charge in [0.05, 0.1) is 17.7 Å². The number of nitrogens with one attached hydrogen (secondary N) is 1. The van der Waals surface area contributed by atoms with Gasteiger partial charge in [0, 0.05) is 5.56 Å². The van der Waals surface area contributed by atoms with E-state index in [9.17, 15) is 13.2 Å². The molecule has 1 aromatic heterocycles. The first-order chi connectivity index (χ1) is 16.8. The zero-order chi connectivity index (χ0) is 25.0. The molecule has 35 heavy (non-hydrogen) atoms. The van der Waals surface area contributed by atoms with Gasteiger partial charge in [-0.1, -0.05) is 58.9 Å². The van der Waals surface area contributed by atoms with Crippen LogP contribution in [-0.4, -0.2) is 38.2 Å². The number of sulfonamides is 1. The van der Waals surface area contributed by atoms with E-state index in [-0.39, 0.29) is 10.0 Å². The molecule has 1 heterocycles. The molecule has 1 amide bonds. The molecule has 1 N–H and O–H groups in total. The zero-order valence-electron chi connectivity index (χ0n) is 19.4. The number of benzene rings is 3. The van der Waals surface area contributed by atoms with Gasteiger partial charge in [-0.2, -0.15) is 0 Å². The summed E-state index contributed by atoms with van der Waals surface area (Å²) < 4.78 is 33.2. The lowest BCUT2D eigenvalue weighted by molar-refractivity contribution is -0.114. The van der Waals surface area contributed by atoms with Gasteiger partial charge in [-0.3, -0.25) is 14.4 Å². The van der Waals surface area contributed by atoms with Gasteiger partial charge < -0.3 is 4.74 Å². The Kier molecular flexibility index (Phi) is 7.13. The van der Waals surface area contributed by atoms with Crippen LogP contribution in [0.2, 0.25) is 0 Å². The van der Waals surface area contributed by atoms with Crippen molar-refractivity contribution in [2.75, 3.05) is 23.3 Å². The third-order valence-corrected chi connectivity index (χ3v) is 7.90. The molecule has 4 rings (SSSR count). The summed E-state index contributed by atoms with van der Waals surface area (Å²) in [5, 5.41) is 11.8. The molecule has 0 spiro atoms. The summed E-state index contributed by atoms with van der Waals surface area (Å²) in [6, 6.07) is 20.8. The first-order valence-corrected chi connectivity index (χ1v) is 13.0. The van der Waals surface area contributed by atoms with E-state index in [2.05, 4.69) is 15.5 Å². The van der Waals surface area contributed by atoms with Crippen molar-refractivity contribution < 1.29 is 17.9 Å². The average Bonchev–Trinajstić information content (AvgIpc) is 3.32. The predicted molar refractivity (Wildman–Crippen MR) is 137 cm³/mol. The number of hydrogen-bond acceptors (Lipinski definition) is 7. The number of nitrogens with zero attached hydrogens (tertiary/aromatic N) is 3. The fraction of sp³-hybridized carbons (Fsp3) is 0.160. The van der Waals surface area contributed by atoms with Crippen LogP contribution < -0.4 is 14.4 Å². The third-order valence-electron chi connectivity index (χ3n) is 5.23. The summed E-state index contributed by atoms with van der Waals surface area (Å²) in [6.07, 6.45) is 0. The molecule has 0 aliphatic heterocycles. The van der Waals surface area contributed by atoms with Crippen molar-refractivity contribution in [1.29, 1.82) is 0 Å². The van der Waals surface area contributed by atoms with E-state index < -0.39 is 22.5 Å². The highest BCUT2D eigenvalue weighted by Crippen LogP contribution is 2.28. The van der Waals surface area contributed by atoms with Crippen molar-refractivity contribution in [2.24, 2.45) is 0 Å². The molecule has 0 fully saturated rings. The van der Waals surface area contributed by atoms with Crippen LogP contribution >= 0.6 is 11.3 Å². The summed E-state index contributed by atoms with van der Waals surface area (Å²) in [7, 11) is -2.53. The molecule has 3 aromatic carbocycles. The fourth-order valence-electron chi connectivity index (χ4n) is 3.28. The first-order valence-electron chi connectivity index (χ1n) is 10.7. The van der Waals surface area contributed by atoms with Crippen LogP contribution in [0.25, 0.3) is 10.6 Å². The molecular formula is C25H24N4O4S2. The van der Waals surface area contributed by atoms with Crippen LogP contribution in [0, 0.1) is 13.8 Å². The number of aromatic nitrogens is 2. The zero-order valence-corrected chi connectivity index (χ0v) is 21.1. The number of ether oxygens (including phenoxy) is 1. The second-order valence-electron chi connectivity index (χ2n) is 7.85. The van der Waals surface area contributed by atoms with Crippen molar-refractivity contribution in [3.63, 3.8) is 0 Å². The smallest absolute Gasteiger partial charge is 0.264 e. The van der Waals surface area contributed by atoms with Gasteiger partial charge in [-0.15, -0.1) is 10.2 Å². The molecule has 10 heteroatoms. The third kappa shape index (κ3) is 5.67. The van der Waals surface area contributed by atoms with E-state index >= 15 is 0 Å². The molecular weight excluding hydrogens is 484 g/mol. The minimum absolute atomic E-state index is 0.0456. The van der Waals surface area contributed by atoms with Crippen LogP contribution in [0.15, 0.2) is 77.7 Å². The van der Waals surface area contributed by atoms with Gasteiger partial charge in [0.2, 0.25) is 11.0 Å². The summed E-state index contributed by atoms with van der Waals surface area (Å²) in [5.41, 5.74) is 3.36. The maximum absolute atomic E-state index is 13.5. The second-order valence-corrected chi connectivity index (χ2v) is 10.7. The second kappa shape index (κ2) is 10.2. The molecule has 0 saturated heterocycles. The number of methoxy groups -OCH3 is 1. The van der Waals surface area contributed by atoms with Crippen molar-refractivity contribution in [2.45, 2.75) is 18.7 Å². The quantitative estimate of drug-likeness (QED) is 0.371. The molecule has 0 saturated carbocycles. The summed E-state index contributed by atoms with van der Waals surface area (Å²) in [5.74, 6) is -0.00139. The highest BCUT2D eigenvalue weighted by molar-refractivity contribution is 7.92. The molecule has 8 nitrogen and oxygen atoms in total. The lowest BCUT2D eigenvalue weighted by atomic mass is 10.2. The van der Waals surface area contributed by atoms with Crippen LogP contribution in [0.3, 0.4) is 0 Å². The highest BCUT2D eigenvalue weighted by Gasteiger charge is 2.27. The molecule has 0 atom stereocenters. The number of aryl methyl sites for hydroxylation is 2. The number of amides is 1. The molecule has 0 aliphatic rings. The highest BCUT2D eigenvalue weighted by atomic mass is 32.2. The Morgan fingerprint density at radius 1 is 0.914 bits per heavy atom. The van der Waals surface area contributed by atoms with Gasteiger partial charge in [0.1, 0.15) is 17.3 Å². The Balaban J connectivity index is 1.58. The maximum Gasteiger partial charge on any atom is 0.264 e. The lowest BCUT2D eigenvalue weighted by Crippen LogP contribution is -2.38. The molecule has 0 radical (unpaired) electrons. The topological polar surface area (TPSA) is 101 Å². The first kappa shape index (κ1) is 24.4. The van der Waals surface area contributed by atoms with Crippen LogP contribution in [0.5, 0.6) is 5.75 Å². The van der Waals surface area contributed by atoms with E-state index in [0.717, 1.165) is 21.0 Å². The van der Waals surface area contributed by atoms with Crippen molar-refractivity contribution in [1.82, 2.24) is 10.2 Å². The standard InChI is InChI=1S/C25H24N4O4S2/c1-17-4-8-19(9-5-17)24-27-28-25(34-24)26-23(30)16-29(20-10-6-18(2)7-11-20)35(31,32)22-14-12-21(33-3)13-15-22/h4-15H,16H2,1-3H3,(H,26,28,30). The maximum atomic E-state index is 13.5. The van der Waals surface area contributed by atoms with Crippen molar-refractivity contribution >= 4 is 38.1 Å². The average molecular weight is 509 g/mol. The SMILES string of the molecule is COc1ccc(S(=O)(=O)N(CC(=O)Nc2nnc(-c3ccc(C)cc3)s2)c2ccc(C)cc2)cc1. The Morgan fingerprint density at radius 3 is 2.11 bits per heavy atom. The minimum atomic E-state index is -4.04. The predicted octanol–water partition coefficient (Wildman–Crippen LogP) is 4.66. The Hall–Kier alpha value is -3.76. The van der Waals surface area contributed by atoms with E-state index in [1.165, 1.54) is 30.6 Å². The Labute approximate surface area is 208 Å². The summed E-state index contributed by atoms with van der Waals surface area (Å²) >= 11 is 1.22. The number of carbonyl (C=O) groups excluding carboxylic acids is 1. The van der Waals surface area contributed by atoms with Crippen molar-refractivity contribution in [3.8, 4) is 16.3 Å². The fourth-order valence-corrected chi connectivity index (χ4v) is 5.46. The molecule has 0 aliphatic carbocycles. The van der Waals surface area contributed by atoms with E-state index in [1.54, 1.807) is 36.4 Å². The summed E-state index contributed by atoms with van der Waals surface area (Å²) in [4.78, 5) is 13.0. The Morgan fingerprint density at radius 2 is 1.51 bits per heavy atom. The van der Waals surface area contributed by atoms with Gasteiger partial charge in [0.15, 0.2) is 0 Å². The van der Waals surface area contributed by atoms with Gasteiger partial charge in [-0.25, -0.2) is 8.42 Å². The molecule has 180 valence electrons. The number of hydrogen-bond donors (Lipinski definition) is 1. The Bertz CT molecular complexity index is 1420. The molecule has 0 unspecified atom stereocenters. The van der Waals surface area contributed by atoms with E-state index in [4.69, 9.17) is 4.74 Å². The van der Waals surface area contributed by atoms with Crippen LogP contribution in [0.1, 0.15) is 11.1 Å². The number of rotatable bonds is 8. The van der Waals surface area contributed by atoms with Crippen LogP contribution in [0.4, 0.5) is 10.8 Å². The summed E-state index contributed by atoms with van der Waals surface area (Å²) in [6.45, 7) is 3.46. The number of anilines is 2. The normalized spacial score (nSPS) is 11.2. The van der Waals surface area contributed by atoms with Gasteiger partial charge >= 0.3 is 0 Å². The lowest BCUT2D eigenvalue weighted by Gasteiger charge is -2.24. The largest absolute Gasteiger partial charge is 0.497 e. The van der Waals surface area contributed by atoms with Crippen molar-refractivity contribution in [3.05, 3.63) is 83.9 Å². The molecule has 4 aromatic rings.